The van der Waals surface area contributed by atoms with E-state index in [0.717, 1.165) is 12.8 Å². The van der Waals surface area contributed by atoms with Gasteiger partial charge in [0.2, 0.25) is 0 Å². The van der Waals surface area contributed by atoms with E-state index in [1.165, 1.54) is 12.8 Å². The fourth-order valence-corrected chi connectivity index (χ4v) is 0.805. The quantitative estimate of drug-likeness (QED) is 0.467. The molecular weight excluding hydrogens is 122 g/mol. The van der Waals surface area contributed by atoms with Crippen molar-refractivity contribution in [3.63, 3.8) is 0 Å². The molecule has 1 nitrogen and oxygen atoms in total. The minimum Gasteiger partial charge on any atom is -0.328 e. The van der Waals surface area contributed by atoms with Crippen molar-refractivity contribution in [2.45, 2.75) is 45.6 Å². The Bertz CT molecular complexity index is 116. The van der Waals surface area contributed by atoms with E-state index < -0.39 is 0 Å². The zero-order chi connectivity index (χ0) is 7.82. The van der Waals surface area contributed by atoms with Crippen LogP contribution in [0.2, 0.25) is 0 Å². The van der Waals surface area contributed by atoms with Gasteiger partial charge >= 0.3 is 0 Å². The topological polar surface area (TPSA) is 26.0 Å². The fourth-order valence-electron chi connectivity index (χ4n) is 0.805. The van der Waals surface area contributed by atoms with Crippen LogP contribution in [0.15, 0.2) is 0 Å². The first kappa shape index (κ1) is 9.52. The molecule has 58 valence electrons. The van der Waals surface area contributed by atoms with E-state index in [9.17, 15) is 0 Å². The normalized spacial score (nSPS) is 11.9. The van der Waals surface area contributed by atoms with Gasteiger partial charge in [0.05, 0.1) is 0 Å². The van der Waals surface area contributed by atoms with E-state index in [1.807, 2.05) is 13.8 Å². The van der Waals surface area contributed by atoms with Crippen LogP contribution in [0.3, 0.4) is 0 Å². The van der Waals surface area contributed by atoms with Gasteiger partial charge < -0.3 is 5.73 Å². The van der Waals surface area contributed by atoms with Crippen molar-refractivity contribution in [3.8, 4) is 11.8 Å². The number of unbranched alkanes of at least 4 members (excludes halogenated alkanes) is 2. The highest BCUT2D eigenvalue weighted by Gasteiger charge is 1.91. The summed E-state index contributed by atoms with van der Waals surface area (Å²) in [4.78, 5) is 0. The van der Waals surface area contributed by atoms with E-state index in [1.54, 1.807) is 0 Å². The lowest BCUT2D eigenvalue weighted by Crippen LogP contribution is -2.13. The maximum Gasteiger partial charge on any atom is 0.00885 e. The van der Waals surface area contributed by atoms with Gasteiger partial charge in [-0.15, -0.1) is 11.8 Å². The highest BCUT2D eigenvalue weighted by molar-refractivity contribution is 4.94. The van der Waals surface area contributed by atoms with Crippen molar-refractivity contribution < 1.29 is 0 Å². The van der Waals surface area contributed by atoms with Crippen LogP contribution < -0.4 is 5.73 Å². The smallest absolute Gasteiger partial charge is 0.00885 e. The summed E-state index contributed by atoms with van der Waals surface area (Å²) in [5.74, 6) is 5.91. The average molecular weight is 139 g/mol. The summed E-state index contributed by atoms with van der Waals surface area (Å²) in [6, 6.07) is 0.356. The maximum absolute atomic E-state index is 5.57. The van der Waals surface area contributed by atoms with Gasteiger partial charge in [-0.2, -0.15) is 0 Å². The Morgan fingerprint density at radius 3 is 2.60 bits per heavy atom. The van der Waals surface area contributed by atoms with Crippen LogP contribution in [0.5, 0.6) is 0 Å². The maximum atomic E-state index is 5.57. The molecule has 1 unspecified atom stereocenters. The molecule has 0 heterocycles. The van der Waals surface area contributed by atoms with Gasteiger partial charge in [0.1, 0.15) is 0 Å². The second kappa shape index (κ2) is 6.64. The Balaban J connectivity index is 2.96. The number of rotatable bonds is 4. The second-order valence-electron chi connectivity index (χ2n) is 2.65. The van der Waals surface area contributed by atoms with Crippen LogP contribution in [0, 0.1) is 11.8 Å². The molecule has 0 radical (unpaired) electrons. The number of nitrogens with two attached hydrogens (primary N) is 1. The summed E-state index contributed by atoms with van der Waals surface area (Å²) in [7, 11) is 0. The van der Waals surface area contributed by atoms with Crippen molar-refractivity contribution >= 4 is 0 Å². The van der Waals surface area contributed by atoms with Gasteiger partial charge in [-0.1, -0.05) is 6.42 Å². The first-order valence-corrected chi connectivity index (χ1v) is 3.92. The van der Waals surface area contributed by atoms with Crippen LogP contribution >= 0.6 is 0 Å². The molecule has 0 rings (SSSR count). The molecule has 0 aromatic heterocycles. The van der Waals surface area contributed by atoms with E-state index in [4.69, 9.17) is 5.73 Å². The minimum absolute atomic E-state index is 0.356. The molecule has 0 bridgehead atoms. The third-order valence-electron chi connectivity index (χ3n) is 1.39. The monoisotopic (exact) mass is 139 g/mol. The third-order valence-corrected chi connectivity index (χ3v) is 1.39. The molecular formula is C9H17N. The molecule has 1 heteroatoms. The molecule has 0 aliphatic rings. The Labute approximate surface area is 64.0 Å². The molecule has 0 fully saturated rings. The summed E-state index contributed by atoms with van der Waals surface area (Å²) in [6.07, 6.45) is 4.57. The van der Waals surface area contributed by atoms with Gasteiger partial charge in [0, 0.05) is 12.5 Å². The molecule has 1 atom stereocenters. The largest absolute Gasteiger partial charge is 0.328 e. The van der Waals surface area contributed by atoms with Crippen LogP contribution in [0.4, 0.5) is 0 Å². The predicted octanol–water partition coefficient (Wildman–Crippen LogP) is 1.92. The molecule has 0 saturated carbocycles. The standard InChI is InChI=1S/C9H17N/c1-3-4-5-6-7-8-9(2)10/h9H,5-8,10H2,1-2H3. The minimum atomic E-state index is 0.356. The molecule has 0 spiro atoms. The van der Waals surface area contributed by atoms with E-state index in [2.05, 4.69) is 11.8 Å². The van der Waals surface area contributed by atoms with Gasteiger partial charge in [-0.3, -0.25) is 0 Å². The van der Waals surface area contributed by atoms with E-state index >= 15 is 0 Å². The summed E-state index contributed by atoms with van der Waals surface area (Å²) in [6.45, 7) is 3.93. The van der Waals surface area contributed by atoms with Crippen LogP contribution in [-0.2, 0) is 0 Å². The zero-order valence-corrected chi connectivity index (χ0v) is 6.98. The van der Waals surface area contributed by atoms with Crippen molar-refractivity contribution in [2.75, 3.05) is 0 Å². The SMILES string of the molecule is CC#CCCCCC(C)N. The molecule has 0 saturated heterocycles. The van der Waals surface area contributed by atoms with E-state index in [-0.39, 0.29) is 0 Å². The molecule has 0 aromatic rings. The molecule has 2 N–H and O–H groups in total. The summed E-state index contributed by atoms with van der Waals surface area (Å²) in [5, 5.41) is 0. The highest BCUT2D eigenvalue weighted by Crippen LogP contribution is 2.00. The van der Waals surface area contributed by atoms with Crippen LogP contribution in [0.1, 0.15) is 39.5 Å². The third kappa shape index (κ3) is 7.52. The predicted molar refractivity (Wildman–Crippen MR) is 45.6 cm³/mol. The van der Waals surface area contributed by atoms with Crippen molar-refractivity contribution in [3.05, 3.63) is 0 Å². The van der Waals surface area contributed by atoms with Gasteiger partial charge in [0.15, 0.2) is 0 Å². The first-order valence-electron chi connectivity index (χ1n) is 3.92. The molecule has 0 aliphatic heterocycles. The van der Waals surface area contributed by atoms with Crippen LogP contribution in [0.25, 0.3) is 0 Å². The van der Waals surface area contributed by atoms with Gasteiger partial charge in [0.25, 0.3) is 0 Å². The van der Waals surface area contributed by atoms with Gasteiger partial charge in [-0.05, 0) is 26.7 Å². The van der Waals surface area contributed by atoms with Crippen molar-refractivity contribution in [1.82, 2.24) is 0 Å². The highest BCUT2D eigenvalue weighted by atomic mass is 14.6. The summed E-state index contributed by atoms with van der Waals surface area (Å²) in [5.41, 5.74) is 5.57. The Hall–Kier alpha value is -0.480. The Kier molecular flexibility index (Phi) is 6.32. The zero-order valence-electron chi connectivity index (χ0n) is 6.98. The van der Waals surface area contributed by atoms with Crippen LogP contribution in [-0.4, -0.2) is 6.04 Å². The van der Waals surface area contributed by atoms with Gasteiger partial charge in [-0.25, -0.2) is 0 Å². The lowest BCUT2D eigenvalue weighted by Gasteiger charge is -2.01. The molecule has 0 aromatic carbocycles. The summed E-state index contributed by atoms with van der Waals surface area (Å²) >= 11 is 0. The first-order chi connectivity index (χ1) is 4.77. The second-order valence-corrected chi connectivity index (χ2v) is 2.65. The molecule has 0 aliphatic carbocycles. The summed E-state index contributed by atoms with van der Waals surface area (Å²) < 4.78 is 0. The fraction of sp³-hybridized carbons (Fsp3) is 0.778. The lowest BCUT2D eigenvalue weighted by molar-refractivity contribution is 0.604. The molecule has 0 amide bonds. The Morgan fingerprint density at radius 2 is 2.10 bits per heavy atom. The molecule has 10 heavy (non-hydrogen) atoms. The van der Waals surface area contributed by atoms with Crippen molar-refractivity contribution in [1.29, 1.82) is 0 Å². The van der Waals surface area contributed by atoms with E-state index in [0.29, 0.717) is 6.04 Å². The lowest BCUT2D eigenvalue weighted by atomic mass is 10.1. The number of hydrogen-bond acceptors (Lipinski definition) is 1. The number of hydrogen-bond donors (Lipinski definition) is 1. The Morgan fingerprint density at radius 1 is 1.40 bits per heavy atom. The van der Waals surface area contributed by atoms with Crippen molar-refractivity contribution in [2.24, 2.45) is 5.73 Å². The average Bonchev–Trinajstić information content (AvgIpc) is 1.87.